The van der Waals surface area contributed by atoms with Crippen molar-refractivity contribution in [2.45, 2.75) is 72.8 Å². The normalized spacial score (nSPS) is 20.1. The topological polar surface area (TPSA) is 69.3 Å². The summed E-state index contributed by atoms with van der Waals surface area (Å²) in [5.41, 5.74) is 1.31. The lowest BCUT2D eigenvalue weighted by Crippen LogP contribution is -2.40. The second-order valence-electron chi connectivity index (χ2n) is 8.99. The summed E-state index contributed by atoms with van der Waals surface area (Å²) in [6.45, 7) is 10.9. The van der Waals surface area contributed by atoms with Gasteiger partial charge in [-0.25, -0.2) is 0 Å². The molecule has 33 heavy (non-hydrogen) atoms. The zero-order chi connectivity index (χ0) is 24.1. The van der Waals surface area contributed by atoms with Crippen LogP contribution in [0, 0.1) is 24.2 Å². The summed E-state index contributed by atoms with van der Waals surface area (Å²) < 4.78 is 2.28. The SMILES string of the molecule is CCCCCCN1C(=O)/C(=C\c2c(C)c(C#N)c(=O)n(CC)c2N2CCCC(C)C2)SC1=S. The van der Waals surface area contributed by atoms with Gasteiger partial charge in [-0.05, 0) is 50.7 Å². The first kappa shape index (κ1) is 25.5. The Morgan fingerprint density at radius 3 is 2.64 bits per heavy atom. The number of carbonyl (C=O) groups excluding carboxylic acids is 1. The van der Waals surface area contributed by atoms with Crippen molar-refractivity contribution in [3.05, 3.63) is 31.9 Å². The molecular weight excluding hydrogens is 452 g/mol. The molecule has 8 heteroatoms. The molecule has 0 aliphatic carbocycles. The van der Waals surface area contributed by atoms with Crippen molar-refractivity contribution < 1.29 is 4.79 Å². The van der Waals surface area contributed by atoms with Crippen LogP contribution >= 0.6 is 24.0 Å². The monoisotopic (exact) mass is 486 g/mol. The molecule has 1 amide bonds. The number of anilines is 1. The van der Waals surface area contributed by atoms with Gasteiger partial charge in [0, 0.05) is 31.7 Å². The number of nitrogens with zero attached hydrogens (tertiary/aromatic N) is 4. The maximum atomic E-state index is 13.2. The summed E-state index contributed by atoms with van der Waals surface area (Å²) in [5, 5.41) is 9.73. The van der Waals surface area contributed by atoms with Crippen LogP contribution in [0.15, 0.2) is 9.70 Å². The maximum absolute atomic E-state index is 13.2. The third-order valence-electron chi connectivity index (χ3n) is 6.50. The molecule has 0 N–H and O–H groups in total. The van der Waals surface area contributed by atoms with Gasteiger partial charge < -0.3 is 4.90 Å². The van der Waals surface area contributed by atoms with Crippen LogP contribution in [0.5, 0.6) is 0 Å². The third-order valence-corrected chi connectivity index (χ3v) is 7.88. The van der Waals surface area contributed by atoms with Crippen molar-refractivity contribution in [1.29, 1.82) is 5.26 Å². The van der Waals surface area contributed by atoms with E-state index in [0.717, 1.165) is 63.0 Å². The molecule has 2 aliphatic rings. The van der Waals surface area contributed by atoms with Crippen molar-refractivity contribution in [2.75, 3.05) is 24.5 Å². The van der Waals surface area contributed by atoms with E-state index in [2.05, 4.69) is 24.8 Å². The molecule has 0 bridgehead atoms. The number of thioether (sulfide) groups is 1. The Morgan fingerprint density at radius 1 is 1.24 bits per heavy atom. The molecular formula is C25H34N4O2S2. The lowest BCUT2D eigenvalue weighted by molar-refractivity contribution is -0.122. The predicted octanol–water partition coefficient (Wildman–Crippen LogP) is 5.07. The number of thiocarbonyl (C=S) groups is 1. The molecule has 0 saturated carbocycles. The summed E-state index contributed by atoms with van der Waals surface area (Å²) in [4.78, 5) is 30.8. The van der Waals surface area contributed by atoms with Crippen LogP contribution in [0.25, 0.3) is 6.08 Å². The molecule has 1 atom stereocenters. The number of amides is 1. The minimum absolute atomic E-state index is 0.0772. The largest absolute Gasteiger partial charge is 0.357 e. The molecule has 2 aliphatic heterocycles. The number of rotatable bonds is 8. The van der Waals surface area contributed by atoms with Crippen LogP contribution in [-0.2, 0) is 11.3 Å². The lowest BCUT2D eigenvalue weighted by Gasteiger charge is -2.35. The van der Waals surface area contributed by atoms with Crippen molar-refractivity contribution in [3.63, 3.8) is 0 Å². The Morgan fingerprint density at radius 2 is 2.00 bits per heavy atom. The molecule has 0 radical (unpaired) electrons. The van der Waals surface area contributed by atoms with Gasteiger partial charge in [0.2, 0.25) is 0 Å². The molecule has 3 heterocycles. The maximum Gasteiger partial charge on any atom is 0.270 e. The Labute approximate surface area is 206 Å². The van der Waals surface area contributed by atoms with E-state index < -0.39 is 0 Å². The second kappa shape index (κ2) is 11.3. The molecule has 0 spiro atoms. The minimum Gasteiger partial charge on any atom is -0.357 e. The highest BCUT2D eigenvalue weighted by atomic mass is 32.2. The van der Waals surface area contributed by atoms with Gasteiger partial charge in [-0.3, -0.25) is 19.1 Å². The molecule has 3 rings (SSSR count). The number of carbonyl (C=O) groups is 1. The van der Waals surface area contributed by atoms with E-state index in [1.165, 1.54) is 11.8 Å². The summed E-state index contributed by atoms with van der Waals surface area (Å²) >= 11 is 6.84. The molecule has 1 aromatic heterocycles. The van der Waals surface area contributed by atoms with Gasteiger partial charge in [0.05, 0.1) is 4.91 Å². The highest BCUT2D eigenvalue weighted by Crippen LogP contribution is 2.36. The standard InChI is InChI=1S/C25H34N4O2S2/c1-5-7-8-9-13-29-24(31)21(33-25(29)32)14-19-18(4)20(15-26)23(30)28(6-2)22(19)27-12-10-11-17(3)16-27/h14,17H,5-13,16H2,1-4H3/b21-14+. The highest BCUT2D eigenvalue weighted by Gasteiger charge is 2.33. The summed E-state index contributed by atoms with van der Waals surface area (Å²) in [7, 11) is 0. The van der Waals surface area contributed by atoms with Crippen molar-refractivity contribution >= 4 is 46.1 Å². The molecule has 1 aromatic rings. The van der Waals surface area contributed by atoms with Crippen LogP contribution in [0.1, 0.15) is 76.0 Å². The van der Waals surface area contributed by atoms with E-state index in [9.17, 15) is 14.9 Å². The fraction of sp³-hybridized carbons (Fsp3) is 0.600. The molecule has 2 saturated heterocycles. The number of hydrogen-bond acceptors (Lipinski definition) is 6. The van der Waals surface area contributed by atoms with Crippen molar-refractivity contribution in [3.8, 4) is 6.07 Å². The number of nitriles is 1. The third kappa shape index (κ3) is 5.36. The smallest absolute Gasteiger partial charge is 0.270 e. The Bertz CT molecular complexity index is 1050. The zero-order valence-corrected chi connectivity index (χ0v) is 21.8. The summed E-state index contributed by atoms with van der Waals surface area (Å²) in [6, 6.07) is 2.10. The van der Waals surface area contributed by atoms with Gasteiger partial charge in [-0.15, -0.1) is 0 Å². The Hall–Kier alpha value is -2.11. The zero-order valence-electron chi connectivity index (χ0n) is 20.1. The number of hydrogen-bond donors (Lipinski definition) is 0. The van der Waals surface area contributed by atoms with E-state index >= 15 is 0 Å². The van der Waals surface area contributed by atoms with Gasteiger partial charge in [-0.2, -0.15) is 5.26 Å². The van der Waals surface area contributed by atoms with Crippen LogP contribution in [0.3, 0.4) is 0 Å². The minimum atomic E-state index is -0.258. The Kier molecular flexibility index (Phi) is 8.77. The number of unbranched alkanes of at least 4 members (excludes halogenated alkanes) is 3. The fourth-order valence-electron chi connectivity index (χ4n) is 4.68. The van der Waals surface area contributed by atoms with Gasteiger partial charge >= 0.3 is 0 Å². The molecule has 1 unspecified atom stereocenters. The quantitative estimate of drug-likeness (QED) is 0.290. The van der Waals surface area contributed by atoms with E-state index in [1.54, 1.807) is 9.47 Å². The van der Waals surface area contributed by atoms with E-state index in [0.29, 0.717) is 33.8 Å². The molecule has 2 fully saturated rings. The van der Waals surface area contributed by atoms with Crippen LogP contribution in [0.4, 0.5) is 5.82 Å². The molecule has 6 nitrogen and oxygen atoms in total. The second-order valence-corrected chi connectivity index (χ2v) is 10.7. The van der Waals surface area contributed by atoms with Crippen LogP contribution in [0.2, 0.25) is 0 Å². The van der Waals surface area contributed by atoms with Crippen LogP contribution in [-0.4, -0.2) is 39.3 Å². The van der Waals surface area contributed by atoms with E-state index in [4.69, 9.17) is 12.2 Å². The van der Waals surface area contributed by atoms with E-state index in [-0.39, 0.29) is 17.0 Å². The first-order valence-corrected chi connectivity index (χ1v) is 13.2. The number of pyridine rings is 1. The van der Waals surface area contributed by atoms with Gasteiger partial charge in [0.25, 0.3) is 11.5 Å². The van der Waals surface area contributed by atoms with Gasteiger partial charge in [0.15, 0.2) is 0 Å². The van der Waals surface area contributed by atoms with Gasteiger partial charge in [0.1, 0.15) is 21.8 Å². The Balaban J connectivity index is 2.07. The molecule has 0 aromatic carbocycles. The van der Waals surface area contributed by atoms with Crippen LogP contribution < -0.4 is 10.5 Å². The fourth-order valence-corrected chi connectivity index (χ4v) is 5.97. The first-order valence-electron chi connectivity index (χ1n) is 12.0. The van der Waals surface area contributed by atoms with E-state index in [1.807, 2.05) is 19.9 Å². The van der Waals surface area contributed by atoms with Gasteiger partial charge in [-0.1, -0.05) is 57.1 Å². The summed E-state index contributed by atoms with van der Waals surface area (Å²) in [6.07, 6.45) is 8.38. The van der Waals surface area contributed by atoms with Crippen molar-refractivity contribution in [1.82, 2.24) is 9.47 Å². The number of aromatic nitrogens is 1. The number of piperidine rings is 1. The predicted molar refractivity (Wildman–Crippen MR) is 140 cm³/mol. The lowest BCUT2D eigenvalue weighted by atomic mass is 9.98. The summed E-state index contributed by atoms with van der Waals surface area (Å²) in [5.74, 6) is 1.26. The average molecular weight is 487 g/mol. The average Bonchev–Trinajstić information content (AvgIpc) is 3.05. The first-order chi connectivity index (χ1) is 15.8. The van der Waals surface area contributed by atoms with Crippen molar-refractivity contribution in [2.24, 2.45) is 5.92 Å². The highest BCUT2D eigenvalue weighted by molar-refractivity contribution is 8.26. The molecule has 178 valence electrons.